The second-order valence-corrected chi connectivity index (χ2v) is 10.5. The zero-order valence-corrected chi connectivity index (χ0v) is 24.2. The fourth-order valence-electron chi connectivity index (χ4n) is 3.93. The third-order valence-corrected chi connectivity index (χ3v) is 7.00. The average Bonchev–Trinajstić information content (AvgIpc) is 2.94. The number of carbonyl (C=O) groups is 3. The number of likely N-dealkylation sites (tertiary alicyclic amines) is 1. The molecular weight excluding hydrogens is 492 g/mol. The van der Waals surface area contributed by atoms with E-state index in [2.05, 4.69) is 48.5 Å². The van der Waals surface area contributed by atoms with Gasteiger partial charge in [0.2, 0.25) is 5.78 Å². The molecule has 0 spiro atoms. The minimum Gasteiger partial charge on any atom is -0.494 e. The summed E-state index contributed by atoms with van der Waals surface area (Å²) in [5.74, 6) is -0.0390. The number of carboxylic acid groups (broad SMARTS) is 1. The summed E-state index contributed by atoms with van der Waals surface area (Å²) in [6.07, 6.45) is 8.39. The number of nitrogens with zero attached hydrogens (tertiary/aromatic N) is 1. The molecule has 1 fully saturated rings. The number of ketones is 1. The van der Waals surface area contributed by atoms with Gasteiger partial charge in [-0.05, 0) is 88.3 Å². The Labute approximate surface area is 234 Å². The van der Waals surface area contributed by atoms with Crippen LogP contribution in [0.3, 0.4) is 0 Å². The van der Waals surface area contributed by atoms with Gasteiger partial charge in [-0.1, -0.05) is 69.7 Å². The summed E-state index contributed by atoms with van der Waals surface area (Å²) in [5, 5.41) is 8.67. The van der Waals surface area contributed by atoms with Crippen LogP contribution in [0.1, 0.15) is 70.4 Å². The Morgan fingerprint density at radius 1 is 1.05 bits per heavy atom. The minimum atomic E-state index is -0.679. The van der Waals surface area contributed by atoms with E-state index < -0.39 is 11.4 Å². The molecule has 0 radical (unpaired) electrons. The second kappa shape index (κ2) is 19.1. The van der Waals surface area contributed by atoms with Crippen molar-refractivity contribution < 1.29 is 24.2 Å². The van der Waals surface area contributed by atoms with Crippen molar-refractivity contribution in [2.24, 2.45) is 11.1 Å². The highest BCUT2D eigenvalue weighted by molar-refractivity contribution is 6.27. The summed E-state index contributed by atoms with van der Waals surface area (Å²) in [7, 11) is 1.87. The number of aldehydes is 1. The molecule has 1 saturated heterocycles. The van der Waals surface area contributed by atoms with E-state index >= 15 is 0 Å². The third kappa shape index (κ3) is 14.1. The number of likely N-dealkylation sites (N-methyl/N-ethyl adjacent to an activating group) is 1. The van der Waals surface area contributed by atoms with Gasteiger partial charge in [-0.3, -0.25) is 19.3 Å². The summed E-state index contributed by atoms with van der Waals surface area (Å²) in [5.41, 5.74) is 7.75. The Morgan fingerprint density at radius 2 is 1.72 bits per heavy atom. The van der Waals surface area contributed by atoms with E-state index in [-0.39, 0.29) is 11.8 Å². The lowest BCUT2D eigenvalue weighted by Crippen LogP contribution is -2.41. The van der Waals surface area contributed by atoms with E-state index in [4.69, 9.17) is 15.6 Å². The molecule has 0 bridgehead atoms. The first kappa shape index (κ1) is 34.0. The molecule has 1 aliphatic rings. The largest absolute Gasteiger partial charge is 0.494 e. The van der Waals surface area contributed by atoms with Gasteiger partial charge in [0.25, 0.3) is 0 Å². The Bertz CT molecular complexity index is 978. The van der Waals surface area contributed by atoms with Crippen LogP contribution in [0, 0.1) is 5.41 Å². The summed E-state index contributed by atoms with van der Waals surface area (Å²) in [4.78, 5) is 33.1. The van der Waals surface area contributed by atoms with Gasteiger partial charge in [-0.2, -0.15) is 0 Å². The smallest absolute Gasteiger partial charge is 0.320 e. The molecular formula is C32H48N2O5. The van der Waals surface area contributed by atoms with Crippen molar-refractivity contribution in [1.29, 1.82) is 0 Å². The molecule has 1 unspecified atom stereocenters. The Hall–Kier alpha value is -3.03. The van der Waals surface area contributed by atoms with Crippen molar-refractivity contribution in [2.45, 2.75) is 78.2 Å². The van der Waals surface area contributed by atoms with Gasteiger partial charge >= 0.3 is 5.97 Å². The predicted molar refractivity (Wildman–Crippen MR) is 157 cm³/mol. The molecule has 0 amide bonds. The van der Waals surface area contributed by atoms with Crippen LogP contribution in [-0.4, -0.2) is 60.8 Å². The van der Waals surface area contributed by atoms with Crippen molar-refractivity contribution in [3.8, 4) is 5.75 Å². The van der Waals surface area contributed by atoms with Crippen molar-refractivity contribution >= 4 is 18.0 Å². The number of piperidine rings is 1. The van der Waals surface area contributed by atoms with Crippen LogP contribution < -0.4 is 10.5 Å². The molecule has 0 aliphatic carbocycles. The van der Waals surface area contributed by atoms with Gasteiger partial charge in [0.1, 0.15) is 11.8 Å². The standard InChI is InChI=1S/C18H23NO.C7H13NO2.C7H12O2/c19-13-6-14-20-18-12-5-11-17(15-18)10-4-9-16-7-2-1-3-8-16;1-8-5-3-2-4-6(8)7(9)10;1-4-7(2,3)6(9)5-8/h1-3,5,7-8,11-12,15H,4,6,9-10,13-14,19H2;6H,2-5H2,1H3,(H,9,10);5H,4H2,1-3H3. The quantitative estimate of drug-likeness (QED) is 0.213. The molecule has 1 heterocycles. The van der Waals surface area contributed by atoms with Crippen molar-refractivity contribution in [1.82, 2.24) is 4.90 Å². The van der Waals surface area contributed by atoms with Crippen LogP contribution in [-0.2, 0) is 27.2 Å². The molecule has 3 N–H and O–H groups in total. The van der Waals surface area contributed by atoms with Crippen LogP contribution in [0.5, 0.6) is 5.75 Å². The lowest BCUT2D eigenvalue weighted by atomic mass is 9.86. The molecule has 2 aromatic carbocycles. The van der Waals surface area contributed by atoms with E-state index in [1.807, 2.05) is 24.9 Å². The number of carboxylic acids is 1. The molecule has 7 nitrogen and oxygen atoms in total. The van der Waals surface area contributed by atoms with Crippen LogP contribution in [0.4, 0.5) is 0 Å². The van der Waals surface area contributed by atoms with Gasteiger partial charge in [-0.15, -0.1) is 0 Å². The number of rotatable bonds is 12. The van der Waals surface area contributed by atoms with Gasteiger partial charge in [0.15, 0.2) is 6.29 Å². The maximum Gasteiger partial charge on any atom is 0.320 e. The van der Waals surface area contributed by atoms with Gasteiger partial charge in [0, 0.05) is 5.41 Å². The van der Waals surface area contributed by atoms with Crippen LogP contribution in [0.2, 0.25) is 0 Å². The maximum atomic E-state index is 10.7. The summed E-state index contributed by atoms with van der Waals surface area (Å²) < 4.78 is 5.67. The number of ether oxygens (including phenoxy) is 1. The fourth-order valence-corrected chi connectivity index (χ4v) is 3.93. The normalized spacial score (nSPS) is 15.2. The first-order valence-electron chi connectivity index (χ1n) is 14.0. The fraction of sp³-hybridized carbons (Fsp3) is 0.531. The molecule has 7 heteroatoms. The predicted octanol–water partition coefficient (Wildman–Crippen LogP) is 5.34. The van der Waals surface area contributed by atoms with Crippen LogP contribution >= 0.6 is 0 Å². The van der Waals surface area contributed by atoms with Crippen LogP contribution in [0.25, 0.3) is 0 Å². The first-order chi connectivity index (χ1) is 18.6. The zero-order valence-electron chi connectivity index (χ0n) is 24.2. The van der Waals surface area contributed by atoms with Gasteiger partial charge < -0.3 is 15.6 Å². The van der Waals surface area contributed by atoms with E-state index in [0.29, 0.717) is 25.9 Å². The van der Waals surface area contributed by atoms with Crippen LogP contribution in [0.15, 0.2) is 54.6 Å². The summed E-state index contributed by atoms with van der Waals surface area (Å²) in [6, 6.07) is 18.8. The highest BCUT2D eigenvalue weighted by Gasteiger charge is 2.25. The lowest BCUT2D eigenvalue weighted by molar-refractivity contribution is -0.143. The Morgan fingerprint density at radius 3 is 2.26 bits per heavy atom. The summed E-state index contributed by atoms with van der Waals surface area (Å²) >= 11 is 0. The number of carbonyl (C=O) groups excluding carboxylic acids is 2. The monoisotopic (exact) mass is 540 g/mol. The Kier molecular flexibility index (Phi) is 16.6. The van der Waals surface area contributed by atoms with Crippen molar-refractivity contribution in [3.05, 3.63) is 65.7 Å². The van der Waals surface area contributed by atoms with E-state index in [1.165, 1.54) is 11.1 Å². The molecule has 1 aliphatic heterocycles. The maximum absolute atomic E-state index is 10.7. The van der Waals surface area contributed by atoms with Crippen molar-refractivity contribution in [3.63, 3.8) is 0 Å². The highest BCUT2D eigenvalue weighted by atomic mass is 16.5. The third-order valence-electron chi connectivity index (χ3n) is 7.00. The molecule has 1 atom stereocenters. The zero-order chi connectivity index (χ0) is 29.1. The molecule has 0 aromatic heterocycles. The Balaban J connectivity index is 0.000000335. The molecule has 39 heavy (non-hydrogen) atoms. The molecule has 0 saturated carbocycles. The van der Waals surface area contributed by atoms with Crippen molar-refractivity contribution in [2.75, 3.05) is 26.7 Å². The summed E-state index contributed by atoms with van der Waals surface area (Å²) in [6.45, 7) is 7.73. The first-order valence-corrected chi connectivity index (χ1v) is 14.0. The number of hydrogen-bond donors (Lipinski definition) is 2. The number of aliphatic carboxylic acids is 1. The second-order valence-electron chi connectivity index (χ2n) is 10.5. The molecule has 216 valence electrons. The number of aryl methyl sites for hydroxylation is 2. The number of benzene rings is 2. The van der Waals surface area contributed by atoms with Gasteiger partial charge in [0.05, 0.1) is 6.61 Å². The van der Waals surface area contributed by atoms with Gasteiger partial charge in [-0.25, -0.2) is 0 Å². The number of Topliss-reactive ketones (excluding diaryl/α,β-unsaturated/α-hetero) is 1. The average molecular weight is 541 g/mol. The van der Waals surface area contributed by atoms with E-state index in [0.717, 1.165) is 57.2 Å². The SMILES string of the molecule is CCC(C)(C)C(=O)C=O.CN1CCCCC1C(=O)O.NCCCOc1cccc(CCCc2ccccc2)c1. The molecule has 3 rings (SSSR count). The minimum absolute atomic E-state index is 0.228. The number of nitrogens with two attached hydrogens (primary N) is 1. The lowest BCUT2D eigenvalue weighted by Gasteiger charge is -2.28. The molecule has 2 aromatic rings. The van der Waals surface area contributed by atoms with E-state index in [9.17, 15) is 14.4 Å². The topological polar surface area (TPSA) is 110 Å². The highest BCUT2D eigenvalue weighted by Crippen LogP contribution is 2.19. The number of hydrogen-bond acceptors (Lipinski definition) is 6. The van der Waals surface area contributed by atoms with E-state index in [1.54, 1.807) is 13.8 Å².